The van der Waals surface area contributed by atoms with Crippen molar-refractivity contribution in [1.29, 1.82) is 0 Å². The SMILES string of the molecule is CC(C)(O)c1ccc2c(c1)C(=O)N(Cc1ccc(Cl)cc1)[C@@]2(OC[C@H]1CC[C@H]1CO)c1ccc(Cl)cc1. The minimum absolute atomic E-state index is 0.126. The summed E-state index contributed by atoms with van der Waals surface area (Å²) < 4.78 is 6.85. The zero-order chi connectivity index (χ0) is 26.4. The van der Waals surface area contributed by atoms with Gasteiger partial charge < -0.3 is 14.9 Å². The molecule has 0 radical (unpaired) electrons. The Labute approximate surface area is 227 Å². The van der Waals surface area contributed by atoms with Gasteiger partial charge >= 0.3 is 0 Å². The van der Waals surface area contributed by atoms with E-state index in [1.165, 1.54) is 0 Å². The summed E-state index contributed by atoms with van der Waals surface area (Å²) >= 11 is 12.4. The lowest BCUT2D eigenvalue weighted by Crippen LogP contribution is -2.48. The normalized spacial score (nSPS) is 23.2. The van der Waals surface area contributed by atoms with Crippen LogP contribution in [0, 0.1) is 11.8 Å². The van der Waals surface area contributed by atoms with Crippen LogP contribution in [-0.2, 0) is 22.6 Å². The van der Waals surface area contributed by atoms with Crippen LogP contribution >= 0.6 is 23.2 Å². The van der Waals surface area contributed by atoms with Gasteiger partial charge in [0.15, 0.2) is 5.72 Å². The van der Waals surface area contributed by atoms with Gasteiger partial charge in [-0.2, -0.15) is 0 Å². The highest BCUT2D eigenvalue weighted by Gasteiger charge is 2.53. The number of carbonyl (C=O) groups is 1. The van der Waals surface area contributed by atoms with Crippen molar-refractivity contribution >= 4 is 29.1 Å². The number of fused-ring (bicyclic) bond motifs is 1. The van der Waals surface area contributed by atoms with Crippen LogP contribution in [0.25, 0.3) is 0 Å². The van der Waals surface area contributed by atoms with E-state index >= 15 is 0 Å². The Morgan fingerprint density at radius 1 is 0.973 bits per heavy atom. The smallest absolute Gasteiger partial charge is 0.257 e. The molecule has 3 aromatic carbocycles. The number of rotatable bonds is 8. The van der Waals surface area contributed by atoms with E-state index < -0.39 is 11.3 Å². The fourth-order valence-corrected chi connectivity index (χ4v) is 5.59. The maximum Gasteiger partial charge on any atom is 0.257 e. The molecule has 0 bridgehead atoms. The molecule has 1 aliphatic carbocycles. The molecule has 0 spiro atoms. The van der Waals surface area contributed by atoms with E-state index in [1.807, 2.05) is 48.5 Å². The lowest BCUT2D eigenvalue weighted by atomic mass is 9.74. The number of ether oxygens (including phenoxy) is 1. The van der Waals surface area contributed by atoms with Crippen molar-refractivity contribution < 1.29 is 19.7 Å². The summed E-state index contributed by atoms with van der Waals surface area (Å²) in [7, 11) is 0. The molecule has 5 rings (SSSR count). The second-order valence-corrected chi connectivity index (χ2v) is 11.5. The topological polar surface area (TPSA) is 70.0 Å². The number of amides is 1. The van der Waals surface area contributed by atoms with Crippen LogP contribution < -0.4 is 0 Å². The molecule has 194 valence electrons. The van der Waals surface area contributed by atoms with Crippen molar-refractivity contribution in [3.8, 4) is 0 Å². The highest BCUT2D eigenvalue weighted by atomic mass is 35.5. The molecule has 0 aromatic heterocycles. The van der Waals surface area contributed by atoms with Crippen molar-refractivity contribution in [3.63, 3.8) is 0 Å². The Hall–Kier alpha value is -2.41. The molecule has 1 saturated carbocycles. The van der Waals surface area contributed by atoms with Gasteiger partial charge in [-0.3, -0.25) is 9.69 Å². The number of carbonyl (C=O) groups excluding carboxylic acids is 1. The number of hydrogen-bond acceptors (Lipinski definition) is 4. The first kappa shape index (κ1) is 26.2. The number of hydrogen-bond donors (Lipinski definition) is 2. The summed E-state index contributed by atoms with van der Waals surface area (Å²) in [5, 5.41) is 21.7. The van der Waals surface area contributed by atoms with Gasteiger partial charge in [0.25, 0.3) is 5.91 Å². The number of aliphatic hydroxyl groups excluding tert-OH is 1. The molecular formula is C30H31Cl2NO4. The summed E-state index contributed by atoms with van der Waals surface area (Å²) in [4.78, 5) is 15.9. The monoisotopic (exact) mass is 539 g/mol. The van der Waals surface area contributed by atoms with Crippen LogP contribution in [0.15, 0.2) is 66.7 Å². The van der Waals surface area contributed by atoms with Crippen LogP contribution in [0.2, 0.25) is 10.0 Å². The van der Waals surface area contributed by atoms with Crippen LogP contribution in [0.1, 0.15) is 59.3 Å². The maximum atomic E-state index is 14.1. The largest absolute Gasteiger partial charge is 0.396 e. The molecule has 1 amide bonds. The number of halogens is 2. The number of nitrogens with zero attached hydrogens (tertiary/aromatic N) is 1. The van der Waals surface area contributed by atoms with Crippen molar-refractivity contribution in [2.45, 2.75) is 44.6 Å². The third kappa shape index (κ3) is 4.80. The average Bonchev–Trinajstić information content (AvgIpc) is 3.08. The van der Waals surface area contributed by atoms with E-state index in [0.29, 0.717) is 34.3 Å². The maximum absolute atomic E-state index is 14.1. The highest BCUT2D eigenvalue weighted by molar-refractivity contribution is 6.30. The number of aliphatic hydroxyl groups is 2. The van der Waals surface area contributed by atoms with Crippen molar-refractivity contribution in [2.75, 3.05) is 13.2 Å². The molecule has 1 heterocycles. The van der Waals surface area contributed by atoms with Gasteiger partial charge in [0.2, 0.25) is 0 Å². The average molecular weight is 540 g/mol. The van der Waals surface area contributed by atoms with Gasteiger partial charge in [0.1, 0.15) is 0 Å². The zero-order valence-electron chi connectivity index (χ0n) is 21.0. The van der Waals surface area contributed by atoms with E-state index in [0.717, 1.165) is 29.5 Å². The van der Waals surface area contributed by atoms with Crippen molar-refractivity contribution in [3.05, 3.63) is 105 Å². The molecule has 2 aliphatic rings. The van der Waals surface area contributed by atoms with Gasteiger partial charge in [-0.15, -0.1) is 0 Å². The molecule has 7 heteroatoms. The van der Waals surface area contributed by atoms with Crippen LogP contribution in [0.4, 0.5) is 0 Å². The predicted octanol–water partition coefficient (Wildman–Crippen LogP) is 6.11. The molecule has 0 unspecified atom stereocenters. The summed E-state index contributed by atoms with van der Waals surface area (Å²) in [6.45, 7) is 4.22. The highest BCUT2D eigenvalue weighted by Crippen LogP contribution is 2.48. The van der Waals surface area contributed by atoms with E-state index in [4.69, 9.17) is 27.9 Å². The standard InChI is InChI=1S/C30H31Cl2NO4/c1-29(2,36)23-9-14-27-26(15-23)28(35)33(16-19-3-10-24(31)11-4-19)30(27,22-7-12-25(32)13-8-22)37-18-21-6-5-20(21)17-34/h3-4,7-15,20-21,34,36H,5-6,16-18H2,1-2H3/t20-,21+,30+/m0/s1. The Bertz CT molecular complexity index is 1280. The third-order valence-corrected chi connectivity index (χ3v) is 8.26. The summed E-state index contributed by atoms with van der Waals surface area (Å²) in [6, 6.07) is 20.3. The van der Waals surface area contributed by atoms with E-state index in [-0.39, 0.29) is 24.3 Å². The van der Waals surface area contributed by atoms with Gasteiger partial charge in [-0.05, 0) is 80.0 Å². The van der Waals surface area contributed by atoms with Gasteiger partial charge in [-0.1, -0.05) is 59.6 Å². The van der Waals surface area contributed by atoms with E-state index in [9.17, 15) is 15.0 Å². The molecule has 1 fully saturated rings. The minimum atomic E-state index is -1.20. The second-order valence-electron chi connectivity index (χ2n) is 10.6. The molecule has 3 aromatic rings. The Balaban J connectivity index is 1.67. The van der Waals surface area contributed by atoms with Crippen molar-refractivity contribution in [2.24, 2.45) is 11.8 Å². The minimum Gasteiger partial charge on any atom is -0.396 e. The van der Waals surface area contributed by atoms with Crippen molar-refractivity contribution in [1.82, 2.24) is 4.90 Å². The van der Waals surface area contributed by atoms with Gasteiger partial charge in [-0.25, -0.2) is 0 Å². The first-order chi connectivity index (χ1) is 17.6. The van der Waals surface area contributed by atoms with Crippen LogP contribution in [-0.4, -0.2) is 34.2 Å². The molecule has 0 saturated heterocycles. The molecular weight excluding hydrogens is 509 g/mol. The second kappa shape index (κ2) is 10.0. The quantitative estimate of drug-likeness (QED) is 0.362. The molecule has 37 heavy (non-hydrogen) atoms. The zero-order valence-corrected chi connectivity index (χ0v) is 22.5. The first-order valence-electron chi connectivity index (χ1n) is 12.6. The summed E-state index contributed by atoms with van der Waals surface area (Å²) in [5.74, 6) is 0.223. The lowest BCUT2D eigenvalue weighted by molar-refractivity contribution is -0.138. The van der Waals surface area contributed by atoms with Gasteiger partial charge in [0, 0.05) is 39.9 Å². The van der Waals surface area contributed by atoms with E-state index in [2.05, 4.69) is 0 Å². The lowest BCUT2D eigenvalue weighted by Gasteiger charge is -2.43. The third-order valence-electron chi connectivity index (χ3n) is 7.75. The van der Waals surface area contributed by atoms with Gasteiger partial charge in [0.05, 0.1) is 12.2 Å². The predicted molar refractivity (Wildman–Crippen MR) is 144 cm³/mol. The molecule has 3 atom stereocenters. The summed E-state index contributed by atoms with van der Waals surface area (Å²) in [5.41, 5.74) is 1.25. The fourth-order valence-electron chi connectivity index (χ4n) is 5.34. The van der Waals surface area contributed by atoms with Crippen LogP contribution in [0.5, 0.6) is 0 Å². The number of benzene rings is 3. The molecule has 5 nitrogen and oxygen atoms in total. The Morgan fingerprint density at radius 3 is 2.16 bits per heavy atom. The fraction of sp³-hybridized carbons (Fsp3) is 0.367. The first-order valence-corrected chi connectivity index (χ1v) is 13.3. The van der Waals surface area contributed by atoms with Crippen LogP contribution in [0.3, 0.4) is 0 Å². The van der Waals surface area contributed by atoms with E-state index in [1.54, 1.807) is 36.9 Å². The summed E-state index contributed by atoms with van der Waals surface area (Å²) in [6.07, 6.45) is 1.94. The molecule has 2 N–H and O–H groups in total. The molecule has 1 aliphatic heterocycles. The Morgan fingerprint density at radius 2 is 1.59 bits per heavy atom. The Kier molecular flexibility index (Phi) is 7.12.